The summed E-state index contributed by atoms with van der Waals surface area (Å²) in [5.41, 5.74) is 6.66. The van der Waals surface area contributed by atoms with Gasteiger partial charge in [-0.15, -0.1) is 0 Å². The summed E-state index contributed by atoms with van der Waals surface area (Å²) in [7, 11) is 0. The molecule has 0 aliphatic carbocycles. The van der Waals surface area contributed by atoms with Gasteiger partial charge in [0.1, 0.15) is 12.1 Å². The van der Waals surface area contributed by atoms with Crippen molar-refractivity contribution in [2.45, 2.75) is 43.9 Å². The lowest BCUT2D eigenvalue weighted by Crippen LogP contribution is -2.54. The minimum absolute atomic E-state index is 0.0252. The summed E-state index contributed by atoms with van der Waals surface area (Å²) < 4.78 is 4.84. The van der Waals surface area contributed by atoms with Crippen LogP contribution in [0.5, 0.6) is 0 Å². The van der Waals surface area contributed by atoms with E-state index in [2.05, 4.69) is 15.6 Å². The third-order valence-electron chi connectivity index (χ3n) is 4.93. The zero-order chi connectivity index (χ0) is 22.5. The maximum Gasteiger partial charge on any atom is 0.326 e. The molecule has 164 valence electrons. The van der Waals surface area contributed by atoms with Crippen LogP contribution in [0, 0.1) is 0 Å². The lowest BCUT2D eigenvalue weighted by Gasteiger charge is -2.21. The number of H-pyrrole nitrogens is 1. The number of hydrogen-bond donors (Lipinski definition) is 5. The number of fused-ring (bicyclic) bond motifs is 1. The molecule has 3 atom stereocenters. The van der Waals surface area contributed by atoms with Crippen molar-refractivity contribution in [2.24, 2.45) is 5.73 Å². The minimum atomic E-state index is -1.41. The summed E-state index contributed by atoms with van der Waals surface area (Å²) in [4.78, 5) is 62.3. The Labute approximate surface area is 176 Å². The molecular formula is C20H22N4O7. The van der Waals surface area contributed by atoms with Crippen molar-refractivity contribution >= 4 is 40.6 Å². The van der Waals surface area contributed by atoms with E-state index in [-0.39, 0.29) is 19.3 Å². The number of primary amides is 1. The molecule has 31 heavy (non-hydrogen) atoms. The number of aromatic nitrogens is 1. The molecule has 11 nitrogen and oxygen atoms in total. The smallest absolute Gasteiger partial charge is 0.326 e. The van der Waals surface area contributed by atoms with Gasteiger partial charge in [0.05, 0.1) is 6.42 Å². The quantitative estimate of drug-likeness (QED) is 0.328. The van der Waals surface area contributed by atoms with Crippen molar-refractivity contribution in [3.63, 3.8) is 0 Å². The van der Waals surface area contributed by atoms with Crippen molar-refractivity contribution in [3.05, 3.63) is 36.0 Å². The summed E-state index contributed by atoms with van der Waals surface area (Å²) in [5, 5.41) is 15.1. The second kappa shape index (κ2) is 9.28. The molecule has 1 aliphatic rings. The van der Waals surface area contributed by atoms with Crippen LogP contribution < -0.4 is 16.4 Å². The SMILES string of the molecule is NC(=O)CC(NC(=O)C1CCC(=O)O1)C(=O)NC(Cc1c[nH]c2ccccc12)C(=O)O. The third kappa shape index (κ3) is 5.38. The first-order valence-corrected chi connectivity index (χ1v) is 9.61. The number of aliphatic carboxylic acids is 1. The van der Waals surface area contributed by atoms with Gasteiger partial charge in [-0.05, 0) is 11.6 Å². The predicted molar refractivity (Wildman–Crippen MR) is 106 cm³/mol. The normalized spacial score (nSPS) is 17.5. The van der Waals surface area contributed by atoms with Crippen LogP contribution in [0.2, 0.25) is 0 Å². The van der Waals surface area contributed by atoms with Gasteiger partial charge in [0, 0.05) is 36.4 Å². The molecule has 0 radical (unpaired) electrons. The lowest BCUT2D eigenvalue weighted by molar-refractivity contribution is -0.149. The number of carbonyl (C=O) groups is 5. The number of esters is 1. The van der Waals surface area contributed by atoms with E-state index in [1.54, 1.807) is 6.20 Å². The van der Waals surface area contributed by atoms with Gasteiger partial charge in [0.2, 0.25) is 11.8 Å². The molecule has 3 rings (SSSR count). The molecule has 1 fully saturated rings. The highest BCUT2D eigenvalue weighted by Crippen LogP contribution is 2.19. The van der Waals surface area contributed by atoms with Crippen LogP contribution >= 0.6 is 0 Å². The number of carboxylic acids is 1. The van der Waals surface area contributed by atoms with Crippen LogP contribution in [-0.4, -0.2) is 57.9 Å². The van der Waals surface area contributed by atoms with E-state index < -0.39 is 54.3 Å². The van der Waals surface area contributed by atoms with E-state index in [0.717, 1.165) is 10.9 Å². The Morgan fingerprint density at radius 3 is 2.58 bits per heavy atom. The van der Waals surface area contributed by atoms with Gasteiger partial charge in [-0.3, -0.25) is 19.2 Å². The van der Waals surface area contributed by atoms with E-state index in [4.69, 9.17) is 10.5 Å². The Hall–Kier alpha value is -3.89. The van der Waals surface area contributed by atoms with Crippen molar-refractivity contribution in [3.8, 4) is 0 Å². The average Bonchev–Trinajstić information content (AvgIpc) is 3.33. The molecule has 1 aliphatic heterocycles. The van der Waals surface area contributed by atoms with Crippen LogP contribution in [0.4, 0.5) is 0 Å². The number of ether oxygens (including phenoxy) is 1. The second-order valence-corrected chi connectivity index (χ2v) is 7.21. The third-order valence-corrected chi connectivity index (χ3v) is 4.93. The van der Waals surface area contributed by atoms with Crippen LogP contribution in [0.25, 0.3) is 10.9 Å². The molecule has 1 saturated heterocycles. The zero-order valence-corrected chi connectivity index (χ0v) is 16.4. The highest BCUT2D eigenvalue weighted by atomic mass is 16.6. The average molecular weight is 430 g/mol. The maximum absolute atomic E-state index is 12.7. The largest absolute Gasteiger partial charge is 0.480 e. The molecular weight excluding hydrogens is 408 g/mol. The Bertz CT molecular complexity index is 1030. The number of amides is 3. The van der Waals surface area contributed by atoms with Crippen molar-refractivity contribution in [1.82, 2.24) is 15.6 Å². The molecule has 11 heteroatoms. The number of nitrogens with two attached hydrogens (primary N) is 1. The highest BCUT2D eigenvalue weighted by molar-refractivity contribution is 5.95. The molecule has 2 aromatic rings. The lowest BCUT2D eigenvalue weighted by atomic mass is 10.0. The minimum Gasteiger partial charge on any atom is -0.480 e. The van der Waals surface area contributed by atoms with Crippen LogP contribution in [0.1, 0.15) is 24.8 Å². The van der Waals surface area contributed by atoms with E-state index >= 15 is 0 Å². The van der Waals surface area contributed by atoms with Gasteiger partial charge in [0.25, 0.3) is 5.91 Å². The van der Waals surface area contributed by atoms with Crippen molar-refractivity contribution < 1.29 is 33.8 Å². The number of benzene rings is 1. The summed E-state index contributed by atoms with van der Waals surface area (Å²) >= 11 is 0. The fourth-order valence-corrected chi connectivity index (χ4v) is 3.38. The molecule has 3 amide bonds. The van der Waals surface area contributed by atoms with E-state index in [1.807, 2.05) is 24.3 Å². The molecule has 0 saturated carbocycles. The topological polar surface area (TPSA) is 181 Å². The van der Waals surface area contributed by atoms with Crippen molar-refractivity contribution in [1.29, 1.82) is 0 Å². The number of para-hydroxylation sites is 1. The van der Waals surface area contributed by atoms with Gasteiger partial charge < -0.3 is 31.2 Å². The van der Waals surface area contributed by atoms with Crippen LogP contribution in [0.3, 0.4) is 0 Å². The Balaban J connectivity index is 1.71. The van der Waals surface area contributed by atoms with Crippen LogP contribution in [0.15, 0.2) is 30.5 Å². The predicted octanol–water partition coefficient (Wildman–Crippen LogP) is -0.654. The van der Waals surface area contributed by atoms with E-state index in [9.17, 15) is 29.1 Å². The first-order valence-electron chi connectivity index (χ1n) is 9.61. The van der Waals surface area contributed by atoms with Gasteiger partial charge in [0.15, 0.2) is 6.10 Å². The summed E-state index contributed by atoms with van der Waals surface area (Å²) in [6, 6.07) is 4.57. The number of hydrogen-bond acceptors (Lipinski definition) is 6. The summed E-state index contributed by atoms with van der Waals surface area (Å²) in [5.74, 6) is -4.33. The number of rotatable bonds is 9. The maximum atomic E-state index is 12.7. The number of aromatic amines is 1. The van der Waals surface area contributed by atoms with Gasteiger partial charge in [-0.2, -0.15) is 0 Å². The van der Waals surface area contributed by atoms with Gasteiger partial charge in [-0.25, -0.2) is 4.79 Å². The molecule has 6 N–H and O–H groups in total. The number of cyclic esters (lactones) is 1. The fraction of sp³-hybridized carbons (Fsp3) is 0.350. The summed E-state index contributed by atoms with van der Waals surface area (Å²) in [6.45, 7) is 0. The first kappa shape index (κ1) is 21.8. The van der Waals surface area contributed by atoms with Crippen molar-refractivity contribution in [2.75, 3.05) is 0 Å². The monoisotopic (exact) mass is 430 g/mol. The first-order chi connectivity index (χ1) is 14.7. The molecule has 1 aromatic carbocycles. The van der Waals surface area contributed by atoms with E-state index in [0.29, 0.717) is 5.56 Å². The summed E-state index contributed by atoms with van der Waals surface area (Å²) in [6.07, 6.45) is 0.228. The highest BCUT2D eigenvalue weighted by Gasteiger charge is 2.34. The van der Waals surface area contributed by atoms with Gasteiger partial charge >= 0.3 is 11.9 Å². The van der Waals surface area contributed by atoms with Crippen LogP contribution in [-0.2, 0) is 35.1 Å². The Morgan fingerprint density at radius 2 is 1.94 bits per heavy atom. The molecule has 2 heterocycles. The number of carboxylic acid groups (broad SMARTS) is 1. The molecule has 0 spiro atoms. The van der Waals surface area contributed by atoms with E-state index in [1.165, 1.54) is 0 Å². The number of carbonyl (C=O) groups excluding carboxylic acids is 4. The molecule has 3 unspecified atom stereocenters. The zero-order valence-electron chi connectivity index (χ0n) is 16.4. The van der Waals surface area contributed by atoms with Gasteiger partial charge in [-0.1, -0.05) is 18.2 Å². The molecule has 1 aromatic heterocycles. The number of nitrogens with one attached hydrogen (secondary N) is 3. The molecule has 0 bridgehead atoms. The Morgan fingerprint density at radius 1 is 1.19 bits per heavy atom. The Kier molecular flexibility index (Phi) is 6.53. The second-order valence-electron chi connectivity index (χ2n) is 7.21. The standard InChI is InChI=1S/C20H22N4O7/c21-16(25)8-13(23-19(28)15-5-6-17(26)31-15)18(27)24-14(20(29)30)7-10-9-22-12-4-2-1-3-11(10)12/h1-4,9,13-15,22H,5-8H2,(H2,21,25)(H,23,28)(H,24,27)(H,29,30). The fourth-order valence-electron chi connectivity index (χ4n) is 3.38.